The average Bonchev–Trinajstić information content (AvgIpc) is 2.35. The molecule has 0 nitrogen and oxygen atoms in total. The van der Waals surface area contributed by atoms with Crippen molar-refractivity contribution >= 4 is 0 Å². The van der Waals surface area contributed by atoms with Gasteiger partial charge >= 0.3 is 0 Å². The Morgan fingerprint density at radius 2 is 1.53 bits per heavy atom. The lowest BCUT2D eigenvalue weighted by Gasteiger charge is -1.95. The van der Waals surface area contributed by atoms with E-state index in [1.165, 1.54) is 44.9 Å². The van der Waals surface area contributed by atoms with E-state index in [9.17, 15) is 0 Å². The Morgan fingerprint density at radius 3 is 2.29 bits per heavy atom. The van der Waals surface area contributed by atoms with Crippen LogP contribution >= 0.6 is 0 Å². The molecule has 0 aliphatic heterocycles. The number of rotatable bonds is 11. The third-order valence-corrected chi connectivity index (χ3v) is 2.65. The van der Waals surface area contributed by atoms with Crippen molar-refractivity contribution in [1.29, 1.82) is 0 Å². The van der Waals surface area contributed by atoms with E-state index in [1.807, 2.05) is 0 Å². The molecule has 17 heavy (non-hydrogen) atoms. The molecular formula is C17H29. The monoisotopic (exact) mass is 233 g/mol. The van der Waals surface area contributed by atoms with E-state index in [-0.39, 0.29) is 0 Å². The van der Waals surface area contributed by atoms with Gasteiger partial charge in [-0.2, -0.15) is 0 Å². The summed E-state index contributed by atoms with van der Waals surface area (Å²) in [6, 6.07) is 0. The summed E-state index contributed by atoms with van der Waals surface area (Å²) in [4.78, 5) is 0. The predicted molar refractivity (Wildman–Crippen MR) is 80.0 cm³/mol. The molecule has 0 aromatic heterocycles. The lowest BCUT2D eigenvalue weighted by molar-refractivity contribution is 0.651. The average molecular weight is 233 g/mol. The molecule has 0 rings (SSSR count). The molecule has 0 fully saturated rings. The summed E-state index contributed by atoms with van der Waals surface area (Å²) in [5.74, 6) is 0. The van der Waals surface area contributed by atoms with E-state index < -0.39 is 0 Å². The Morgan fingerprint density at radius 1 is 0.765 bits per heavy atom. The third-order valence-electron chi connectivity index (χ3n) is 2.65. The first-order chi connectivity index (χ1) is 8.41. The van der Waals surface area contributed by atoms with Gasteiger partial charge in [-0.15, -0.1) is 0 Å². The summed E-state index contributed by atoms with van der Waals surface area (Å²) in [5, 5.41) is 0. The first kappa shape index (κ1) is 16.2. The molecule has 0 aliphatic carbocycles. The Balaban J connectivity index is 3.24. The standard InChI is InChI=1S/C17H29/c1-3-5-7-9-11-13-15-17-16-14-12-10-8-6-4-2/h8,10,12,14-15,17H,1,3-7,9,11,13,16H2,2H3. The van der Waals surface area contributed by atoms with E-state index in [2.05, 4.69) is 50.3 Å². The van der Waals surface area contributed by atoms with Crippen LogP contribution in [0.4, 0.5) is 0 Å². The first-order valence-corrected chi connectivity index (χ1v) is 7.17. The van der Waals surface area contributed by atoms with Crippen molar-refractivity contribution in [3.8, 4) is 0 Å². The molecule has 0 amide bonds. The van der Waals surface area contributed by atoms with E-state index in [0.717, 1.165) is 12.8 Å². The molecule has 1 radical (unpaired) electrons. The molecule has 0 spiro atoms. The van der Waals surface area contributed by atoms with Crippen molar-refractivity contribution in [2.45, 2.75) is 64.7 Å². The summed E-state index contributed by atoms with van der Waals surface area (Å²) < 4.78 is 0. The second-order valence-electron chi connectivity index (χ2n) is 4.41. The van der Waals surface area contributed by atoms with Gasteiger partial charge in [-0.1, -0.05) is 82.4 Å². The van der Waals surface area contributed by atoms with Crippen LogP contribution in [0.25, 0.3) is 0 Å². The van der Waals surface area contributed by atoms with Gasteiger partial charge in [0, 0.05) is 0 Å². The highest BCUT2D eigenvalue weighted by Crippen LogP contribution is 2.05. The van der Waals surface area contributed by atoms with Crippen molar-refractivity contribution in [3.05, 3.63) is 43.4 Å². The number of hydrogen-bond donors (Lipinski definition) is 0. The van der Waals surface area contributed by atoms with Crippen LogP contribution in [0.1, 0.15) is 64.7 Å². The zero-order chi connectivity index (χ0) is 12.6. The summed E-state index contributed by atoms with van der Waals surface area (Å²) in [6.45, 7) is 6.06. The largest absolute Gasteiger partial charge is 0.0882 e. The minimum absolute atomic E-state index is 1.06. The van der Waals surface area contributed by atoms with Crippen molar-refractivity contribution in [1.82, 2.24) is 0 Å². The van der Waals surface area contributed by atoms with Gasteiger partial charge in [0.05, 0.1) is 0 Å². The highest BCUT2D eigenvalue weighted by Gasteiger charge is 1.85. The van der Waals surface area contributed by atoms with Gasteiger partial charge in [0.15, 0.2) is 0 Å². The van der Waals surface area contributed by atoms with Crippen LogP contribution in [-0.2, 0) is 0 Å². The summed E-state index contributed by atoms with van der Waals surface area (Å²) >= 11 is 0. The number of unbranched alkanes of at least 4 members (excludes halogenated alkanes) is 6. The van der Waals surface area contributed by atoms with Gasteiger partial charge in [0.1, 0.15) is 0 Å². The Bertz CT molecular complexity index is 208. The maximum Gasteiger partial charge on any atom is -0.0166 e. The molecule has 0 saturated heterocycles. The second kappa shape index (κ2) is 15.2. The molecule has 0 unspecified atom stereocenters. The number of hydrogen-bond acceptors (Lipinski definition) is 0. The molecule has 0 saturated carbocycles. The lowest BCUT2D eigenvalue weighted by Crippen LogP contribution is -1.75. The van der Waals surface area contributed by atoms with Crippen LogP contribution in [-0.4, -0.2) is 0 Å². The molecule has 0 aromatic rings. The Hall–Kier alpha value is -0.780. The van der Waals surface area contributed by atoms with Crippen LogP contribution in [0.2, 0.25) is 0 Å². The normalized spacial score (nSPS) is 12.4. The quantitative estimate of drug-likeness (QED) is 0.232. The van der Waals surface area contributed by atoms with E-state index in [4.69, 9.17) is 0 Å². The predicted octanol–water partition coefficient (Wildman–Crippen LogP) is 6.02. The number of allylic oxidation sites excluding steroid dienone is 6. The van der Waals surface area contributed by atoms with Gasteiger partial charge in [-0.05, 0) is 25.7 Å². The molecular weight excluding hydrogens is 204 g/mol. The second-order valence-corrected chi connectivity index (χ2v) is 4.41. The van der Waals surface area contributed by atoms with Crippen molar-refractivity contribution in [2.24, 2.45) is 0 Å². The van der Waals surface area contributed by atoms with Crippen molar-refractivity contribution < 1.29 is 0 Å². The van der Waals surface area contributed by atoms with Gasteiger partial charge in [-0.3, -0.25) is 0 Å². The van der Waals surface area contributed by atoms with E-state index in [0.29, 0.717) is 0 Å². The van der Waals surface area contributed by atoms with E-state index >= 15 is 0 Å². The fourth-order valence-corrected chi connectivity index (χ4v) is 1.58. The summed E-state index contributed by atoms with van der Waals surface area (Å²) in [7, 11) is 0. The van der Waals surface area contributed by atoms with E-state index in [1.54, 1.807) is 0 Å². The van der Waals surface area contributed by atoms with Crippen molar-refractivity contribution in [2.75, 3.05) is 0 Å². The molecule has 0 heterocycles. The zero-order valence-corrected chi connectivity index (χ0v) is 11.5. The Kier molecular flexibility index (Phi) is 14.5. The minimum Gasteiger partial charge on any atom is -0.0882 e. The molecule has 0 N–H and O–H groups in total. The fourth-order valence-electron chi connectivity index (χ4n) is 1.58. The van der Waals surface area contributed by atoms with Crippen LogP contribution < -0.4 is 0 Å². The van der Waals surface area contributed by atoms with Crippen LogP contribution in [0, 0.1) is 6.92 Å². The van der Waals surface area contributed by atoms with Crippen LogP contribution in [0.15, 0.2) is 36.5 Å². The Labute approximate surface area is 109 Å². The lowest BCUT2D eigenvalue weighted by atomic mass is 10.1. The zero-order valence-electron chi connectivity index (χ0n) is 11.5. The highest BCUT2D eigenvalue weighted by atomic mass is 13.9. The fraction of sp³-hybridized carbons (Fsp3) is 0.588. The summed E-state index contributed by atoms with van der Waals surface area (Å²) in [5.41, 5.74) is 0. The SMILES string of the molecule is [CH2]CCCCCCC=CCC=CC=CCCC. The molecule has 0 bridgehead atoms. The topological polar surface area (TPSA) is 0 Å². The van der Waals surface area contributed by atoms with Gasteiger partial charge < -0.3 is 0 Å². The smallest absolute Gasteiger partial charge is 0.0166 e. The molecule has 0 aromatic carbocycles. The molecule has 97 valence electrons. The van der Waals surface area contributed by atoms with Gasteiger partial charge in [0.25, 0.3) is 0 Å². The molecule has 0 atom stereocenters. The maximum atomic E-state index is 3.85. The van der Waals surface area contributed by atoms with Crippen LogP contribution in [0.3, 0.4) is 0 Å². The summed E-state index contributed by atoms with van der Waals surface area (Å²) in [6.07, 6.45) is 24.4. The van der Waals surface area contributed by atoms with Gasteiger partial charge in [0.2, 0.25) is 0 Å². The minimum atomic E-state index is 1.06. The van der Waals surface area contributed by atoms with Crippen molar-refractivity contribution in [3.63, 3.8) is 0 Å². The van der Waals surface area contributed by atoms with Crippen LogP contribution in [0.5, 0.6) is 0 Å². The first-order valence-electron chi connectivity index (χ1n) is 7.17. The highest BCUT2D eigenvalue weighted by molar-refractivity contribution is 5.04. The molecule has 0 heteroatoms. The third kappa shape index (κ3) is 15.2. The maximum absolute atomic E-state index is 3.85. The van der Waals surface area contributed by atoms with Gasteiger partial charge in [-0.25, -0.2) is 0 Å². The molecule has 0 aliphatic rings.